The molecule has 0 fully saturated rings. The van der Waals surface area contributed by atoms with E-state index in [1.807, 2.05) is 0 Å². The van der Waals surface area contributed by atoms with Crippen LogP contribution in [0.4, 0.5) is 0 Å². The Bertz CT molecular complexity index is 535. The molecule has 2 aromatic rings. The Morgan fingerprint density at radius 1 is 1.32 bits per heavy atom. The Hall–Kier alpha value is -0.380. The summed E-state index contributed by atoms with van der Waals surface area (Å²) in [5, 5.41) is 3.57. The first kappa shape index (κ1) is 15.0. The Morgan fingerprint density at radius 3 is 2.79 bits per heavy atom. The second-order valence-electron chi connectivity index (χ2n) is 5.14. The van der Waals surface area contributed by atoms with E-state index >= 15 is 0 Å². The van der Waals surface area contributed by atoms with Gasteiger partial charge in [-0.3, -0.25) is 0 Å². The Balaban J connectivity index is 2.30. The molecule has 1 nitrogen and oxygen atoms in total. The molecule has 0 aliphatic heterocycles. The highest BCUT2D eigenvalue weighted by Gasteiger charge is 2.20. The average Bonchev–Trinajstić information content (AvgIpc) is 2.84. The molecule has 19 heavy (non-hydrogen) atoms. The fourth-order valence-electron chi connectivity index (χ4n) is 2.66. The van der Waals surface area contributed by atoms with Gasteiger partial charge < -0.3 is 5.73 Å². The van der Waals surface area contributed by atoms with E-state index in [9.17, 15) is 0 Å². The van der Waals surface area contributed by atoms with Gasteiger partial charge in [0.1, 0.15) is 0 Å². The number of fused-ring (bicyclic) bond motifs is 1. The van der Waals surface area contributed by atoms with Crippen LogP contribution in [0.5, 0.6) is 0 Å². The molecule has 2 unspecified atom stereocenters. The monoisotopic (exact) mass is 339 g/mol. The minimum Gasteiger partial charge on any atom is -0.324 e. The van der Waals surface area contributed by atoms with Crippen molar-refractivity contribution in [1.82, 2.24) is 0 Å². The summed E-state index contributed by atoms with van der Waals surface area (Å²) in [6.45, 7) is 4.50. The van der Waals surface area contributed by atoms with Crippen molar-refractivity contribution in [2.75, 3.05) is 0 Å². The molecule has 2 rings (SSSR count). The molecular weight excluding hydrogens is 318 g/mol. The van der Waals surface area contributed by atoms with E-state index in [4.69, 9.17) is 5.73 Å². The lowest BCUT2D eigenvalue weighted by atomic mass is 9.87. The molecule has 0 saturated carbocycles. The van der Waals surface area contributed by atoms with Crippen molar-refractivity contribution in [3.8, 4) is 0 Å². The maximum atomic E-state index is 6.54. The van der Waals surface area contributed by atoms with E-state index < -0.39 is 0 Å². The first-order chi connectivity index (χ1) is 9.19. The third-order valence-corrected chi connectivity index (χ3v) is 5.87. The van der Waals surface area contributed by atoms with Crippen LogP contribution in [0.1, 0.15) is 51.1 Å². The summed E-state index contributed by atoms with van der Waals surface area (Å²) >= 11 is 5.42. The zero-order valence-electron chi connectivity index (χ0n) is 11.7. The molecule has 104 valence electrons. The molecule has 0 saturated heterocycles. The van der Waals surface area contributed by atoms with Crippen LogP contribution in [0.25, 0.3) is 10.1 Å². The van der Waals surface area contributed by atoms with Crippen molar-refractivity contribution in [2.45, 2.75) is 45.6 Å². The SMILES string of the molecule is CCCCC(CC)C(N)c1csc2c(Br)cccc12. The third-order valence-electron chi connectivity index (χ3n) is 3.90. The largest absolute Gasteiger partial charge is 0.324 e. The predicted octanol–water partition coefficient (Wildman–Crippen LogP) is 5.88. The second kappa shape index (κ2) is 6.87. The number of halogens is 1. The average molecular weight is 340 g/mol. The summed E-state index contributed by atoms with van der Waals surface area (Å²) in [5.41, 5.74) is 7.87. The smallest absolute Gasteiger partial charge is 0.0488 e. The molecule has 0 radical (unpaired) electrons. The molecular formula is C16H22BrNS. The molecule has 1 heterocycles. The Morgan fingerprint density at radius 2 is 2.11 bits per heavy atom. The van der Waals surface area contributed by atoms with Crippen LogP contribution in [0.15, 0.2) is 28.1 Å². The van der Waals surface area contributed by atoms with Crippen molar-refractivity contribution in [3.63, 3.8) is 0 Å². The first-order valence-corrected chi connectivity index (χ1v) is 8.77. The van der Waals surface area contributed by atoms with Gasteiger partial charge >= 0.3 is 0 Å². The molecule has 0 bridgehead atoms. The number of thiophene rings is 1. The fraction of sp³-hybridized carbons (Fsp3) is 0.500. The number of hydrogen-bond donors (Lipinski definition) is 1. The zero-order valence-corrected chi connectivity index (χ0v) is 14.1. The fourth-order valence-corrected chi connectivity index (χ4v) is 4.33. The van der Waals surface area contributed by atoms with Gasteiger partial charge in [0.05, 0.1) is 0 Å². The van der Waals surface area contributed by atoms with Crippen molar-refractivity contribution in [3.05, 3.63) is 33.6 Å². The normalized spacial score (nSPS) is 14.7. The van der Waals surface area contributed by atoms with Crippen LogP contribution < -0.4 is 5.73 Å². The van der Waals surface area contributed by atoms with Crippen LogP contribution in [-0.4, -0.2) is 0 Å². The summed E-state index contributed by atoms with van der Waals surface area (Å²) < 4.78 is 2.49. The molecule has 0 spiro atoms. The van der Waals surface area contributed by atoms with Gasteiger partial charge in [0.2, 0.25) is 0 Å². The minimum absolute atomic E-state index is 0.166. The van der Waals surface area contributed by atoms with E-state index in [0.29, 0.717) is 5.92 Å². The summed E-state index contributed by atoms with van der Waals surface area (Å²) in [5.74, 6) is 0.594. The van der Waals surface area contributed by atoms with Gasteiger partial charge in [-0.25, -0.2) is 0 Å². The van der Waals surface area contributed by atoms with Gasteiger partial charge in [0.25, 0.3) is 0 Å². The number of rotatable bonds is 6. The predicted molar refractivity (Wildman–Crippen MR) is 89.8 cm³/mol. The van der Waals surface area contributed by atoms with Gasteiger partial charge in [-0.05, 0) is 50.7 Å². The highest BCUT2D eigenvalue weighted by atomic mass is 79.9. The van der Waals surface area contributed by atoms with E-state index in [1.165, 1.54) is 39.4 Å². The maximum Gasteiger partial charge on any atom is 0.0488 e. The molecule has 0 aliphatic rings. The quantitative estimate of drug-likeness (QED) is 0.698. The number of benzene rings is 1. The highest BCUT2D eigenvalue weighted by Crippen LogP contribution is 2.38. The van der Waals surface area contributed by atoms with Gasteiger partial charge in [0.15, 0.2) is 0 Å². The lowest BCUT2D eigenvalue weighted by Crippen LogP contribution is -2.20. The van der Waals surface area contributed by atoms with Gasteiger partial charge in [-0.2, -0.15) is 0 Å². The van der Waals surface area contributed by atoms with Crippen LogP contribution in [-0.2, 0) is 0 Å². The zero-order chi connectivity index (χ0) is 13.8. The van der Waals surface area contributed by atoms with Crippen molar-refractivity contribution < 1.29 is 0 Å². The summed E-state index contributed by atoms with van der Waals surface area (Å²) in [6, 6.07) is 6.56. The van der Waals surface area contributed by atoms with Gasteiger partial charge in [0, 0.05) is 15.2 Å². The van der Waals surface area contributed by atoms with E-state index in [2.05, 4.69) is 53.4 Å². The summed E-state index contributed by atoms with van der Waals surface area (Å²) in [6.07, 6.45) is 4.92. The molecule has 2 N–H and O–H groups in total. The molecule has 0 amide bonds. The minimum atomic E-state index is 0.166. The molecule has 2 atom stereocenters. The van der Waals surface area contributed by atoms with Crippen molar-refractivity contribution in [2.24, 2.45) is 11.7 Å². The van der Waals surface area contributed by atoms with Crippen molar-refractivity contribution in [1.29, 1.82) is 0 Å². The summed E-state index contributed by atoms with van der Waals surface area (Å²) in [7, 11) is 0. The number of nitrogens with two attached hydrogens (primary N) is 1. The molecule has 1 aromatic carbocycles. The second-order valence-corrected chi connectivity index (χ2v) is 6.88. The lowest BCUT2D eigenvalue weighted by molar-refractivity contribution is 0.380. The molecule has 0 aliphatic carbocycles. The third kappa shape index (κ3) is 3.21. The summed E-state index contributed by atoms with van der Waals surface area (Å²) in [4.78, 5) is 0. The van der Waals surface area contributed by atoms with E-state index in [-0.39, 0.29) is 6.04 Å². The Labute approximate surface area is 128 Å². The van der Waals surface area contributed by atoms with Crippen LogP contribution >= 0.6 is 27.3 Å². The van der Waals surface area contributed by atoms with Gasteiger partial charge in [-0.15, -0.1) is 11.3 Å². The number of unbranched alkanes of at least 4 members (excludes halogenated alkanes) is 1. The van der Waals surface area contributed by atoms with E-state index in [0.717, 1.165) is 6.42 Å². The molecule has 1 aromatic heterocycles. The Kier molecular flexibility index (Phi) is 5.43. The molecule has 3 heteroatoms. The van der Waals surface area contributed by atoms with Crippen molar-refractivity contribution >= 4 is 37.4 Å². The maximum absolute atomic E-state index is 6.54. The van der Waals surface area contributed by atoms with Crippen LogP contribution in [0.2, 0.25) is 0 Å². The highest BCUT2D eigenvalue weighted by molar-refractivity contribution is 9.10. The lowest BCUT2D eigenvalue weighted by Gasteiger charge is -2.22. The van der Waals surface area contributed by atoms with Crippen LogP contribution in [0, 0.1) is 5.92 Å². The topological polar surface area (TPSA) is 26.0 Å². The standard InChI is InChI=1S/C16H22BrNS/c1-3-5-7-11(4-2)15(18)13-10-19-16-12(13)8-6-9-14(16)17/h6,8-11,15H,3-5,7,18H2,1-2H3. The van der Waals surface area contributed by atoms with E-state index in [1.54, 1.807) is 11.3 Å². The van der Waals surface area contributed by atoms with Gasteiger partial charge in [-0.1, -0.05) is 45.2 Å². The first-order valence-electron chi connectivity index (χ1n) is 7.10. The van der Waals surface area contributed by atoms with Crippen LogP contribution in [0.3, 0.4) is 0 Å². The number of hydrogen-bond acceptors (Lipinski definition) is 2.